The van der Waals surface area contributed by atoms with Crippen LogP contribution in [0, 0.1) is 0 Å². The van der Waals surface area contributed by atoms with Gasteiger partial charge in [-0.2, -0.15) is 0 Å². The highest BCUT2D eigenvalue weighted by Gasteiger charge is 2.31. The zero-order valence-corrected chi connectivity index (χ0v) is 67.0. The molecule has 0 spiro atoms. The largest absolute Gasteiger partial charge is 0.302 e. The highest BCUT2D eigenvalue weighted by Crippen LogP contribution is 2.22. The Balaban J connectivity index is 3.10. The molecule has 0 amide bonds. The molecule has 1 atom stereocenters. The second-order valence-electron chi connectivity index (χ2n) is 29.9. The van der Waals surface area contributed by atoms with E-state index >= 15 is 0 Å². The average molecular weight is 1360 g/mol. The Morgan fingerprint density at radius 3 is 0.765 bits per heavy atom. The Hall–Kier alpha value is -2.76. The summed E-state index contributed by atoms with van der Waals surface area (Å²) in [4.78, 5) is 11.9. The molecular formula is C94H172N4. The van der Waals surface area contributed by atoms with Crippen LogP contribution in [0.5, 0.6) is 0 Å². The van der Waals surface area contributed by atoms with Crippen molar-refractivity contribution in [2.24, 2.45) is 0 Å². The van der Waals surface area contributed by atoms with Crippen molar-refractivity contribution in [2.45, 2.75) is 413 Å². The Labute approximate surface area is 616 Å². The van der Waals surface area contributed by atoms with Crippen molar-refractivity contribution in [1.29, 1.82) is 0 Å². The molecule has 0 aromatic carbocycles. The van der Waals surface area contributed by atoms with Gasteiger partial charge in [0.15, 0.2) is 0 Å². The summed E-state index contributed by atoms with van der Waals surface area (Å²) in [5, 5.41) is 0. The lowest BCUT2D eigenvalue weighted by Crippen LogP contribution is -2.61. The van der Waals surface area contributed by atoms with Crippen LogP contribution in [0.25, 0.3) is 0 Å². The molecule has 98 heavy (non-hydrogen) atoms. The van der Waals surface area contributed by atoms with Crippen molar-refractivity contribution >= 4 is 0 Å². The van der Waals surface area contributed by atoms with Gasteiger partial charge in [-0.25, -0.2) is 0 Å². The van der Waals surface area contributed by atoms with Crippen LogP contribution in [0.1, 0.15) is 407 Å². The van der Waals surface area contributed by atoms with Gasteiger partial charge in [0.2, 0.25) is 0 Å². The Kier molecular flexibility index (Phi) is 77.6. The molecule has 568 valence electrons. The van der Waals surface area contributed by atoms with Crippen LogP contribution in [0.15, 0.2) is 122 Å². The van der Waals surface area contributed by atoms with Gasteiger partial charge in [-0.3, -0.25) is 14.7 Å². The molecule has 0 aromatic rings. The van der Waals surface area contributed by atoms with Crippen LogP contribution >= 0.6 is 0 Å². The van der Waals surface area contributed by atoms with E-state index in [0.717, 1.165) is 32.1 Å². The van der Waals surface area contributed by atoms with Crippen LogP contribution in [-0.2, 0) is 0 Å². The maximum Gasteiger partial charge on any atom is 0.0754 e. The summed E-state index contributed by atoms with van der Waals surface area (Å²) in [5.74, 6) is 0. The van der Waals surface area contributed by atoms with Crippen molar-refractivity contribution in [3.05, 3.63) is 122 Å². The summed E-state index contributed by atoms with van der Waals surface area (Å²) >= 11 is 0. The molecule has 4 heteroatoms. The molecule has 0 bridgehead atoms. The van der Waals surface area contributed by atoms with Gasteiger partial charge in [0.1, 0.15) is 0 Å². The van der Waals surface area contributed by atoms with E-state index in [9.17, 15) is 0 Å². The Morgan fingerprint density at radius 1 is 0.224 bits per heavy atom. The lowest BCUT2D eigenvalue weighted by molar-refractivity contribution is -0.0267. The lowest BCUT2D eigenvalue weighted by Gasteiger charge is -2.47. The third-order valence-corrected chi connectivity index (χ3v) is 20.5. The molecule has 1 rings (SSSR count). The summed E-state index contributed by atoms with van der Waals surface area (Å²) in [5.41, 5.74) is 0. The van der Waals surface area contributed by atoms with Gasteiger partial charge in [-0.1, -0.05) is 349 Å². The van der Waals surface area contributed by atoms with Crippen LogP contribution in [-0.4, -0.2) is 91.2 Å². The van der Waals surface area contributed by atoms with Gasteiger partial charge >= 0.3 is 0 Å². The van der Waals surface area contributed by atoms with Crippen LogP contribution < -0.4 is 0 Å². The highest BCUT2D eigenvalue weighted by molar-refractivity contribution is 4.97. The summed E-state index contributed by atoms with van der Waals surface area (Å²) < 4.78 is 0. The molecule has 1 fully saturated rings. The van der Waals surface area contributed by atoms with Gasteiger partial charge in [0, 0.05) is 32.7 Å². The fraction of sp³-hybridized carbons (Fsp3) is 0.787. The van der Waals surface area contributed by atoms with E-state index in [4.69, 9.17) is 0 Å². The number of hydrogen-bond donors (Lipinski definition) is 0. The minimum Gasteiger partial charge on any atom is -0.302 e. The van der Waals surface area contributed by atoms with E-state index in [1.807, 2.05) is 0 Å². The van der Waals surface area contributed by atoms with E-state index in [1.165, 1.54) is 406 Å². The number of allylic oxidation sites excluding steroid dienone is 20. The molecule has 1 aliphatic rings. The minimum atomic E-state index is 0.553. The molecule has 1 aliphatic heterocycles. The summed E-state index contributed by atoms with van der Waals surface area (Å²) in [7, 11) is 0. The Bertz CT molecular complexity index is 1810. The van der Waals surface area contributed by atoms with Gasteiger partial charge in [-0.05, 0) is 213 Å². The van der Waals surface area contributed by atoms with Gasteiger partial charge < -0.3 is 4.90 Å². The molecule has 0 aromatic heterocycles. The van der Waals surface area contributed by atoms with E-state index in [2.05, 4.69) is 176 Å². The van der Waals surface area contributed by atoms with Crippen molar-refractivity contribution < 1.29 is 0 Å². The first-order valence-corrected chi connectivity index (χ1v) is 44.1. The first-order chi connectivity index (χ1) is 48.7. The number of piperazine rings is 1. The second-order valence-corrected chi connectivity index (χ2v) is 29.9. The topological polar surface area (TPSA) is 13.0 Å². The molecule has 0 saturated carbocycles. The third kappa shape index (κ3) is 69.0. The number of unbranched alkanes of at least 4 members (excludes halogenated alkanes) is 43. The van der Waals surface area contributed by atoms with Crippen molar-refractivity contribution in [2.75, 3.05) is 65.4 Å². The van der Waals surface area contributed by atoms with Gasteiger partial charge in [-0.15, -0.1) is 0 Å². The molecular weight excluding hydrogens is 1190 g/mol. The monoisotopic (exact) mass is 1360 g/mol. The first-order valence-electron chi connectivity index (χ1n) is 44.1. The average Bonchev–Trinajstić information content (AvgIpc) is 0.852. The summed E-state index contributed by atoms with van der Waals surface area (Å²) in [6, 6.07) is 0. The lowest BCUT2D eigenvalue weighted by atomic mass is 10.1. The maximum absolute atomic E-state index is 3.05. The molecule has 1 unspecified atom stereocenters. The maximum atomic E-state index is 3.05. The smallest absolute Gasteiger partial charge is 0.0754 e. The first kappa shape index (κ1) is 93.3. The molecule has 1 heterocycles. The number of nitrogens with zero attached hydrogens (tertiary/aromatic N) is 4. The normalized spacial score (nSPS) is 14.9. The van der Waals surface area contributed by atoms with Crippen LogP contribution in [0.3, 0.4) is 0 Å². The molecule has 0 radical (unpaired) electrons. The van der Waals surface area contributed by atoms with Gasteiger partial charge in [0.25, 0.3) is 0 Å². The SMILES string of the molecule is CCCCC=CCC=CCCCCCCCCN(CCCCCCCCC=CCC=CCCCCC)CCN1CCN(CCCCCCCCC=CCC=CCCCC)C(N(CCCCCCCCC=CCC=CCCCCC)CCCCCCCCC=CCC=CCCCCC)C1. The molecule has 4 nitrogen and oxygen atoms in total. The highest BCUT2D eigenvalue weighted by atomic mass is 15.4. The molecule has 1 saturated heterocycles. The van der Waals surface area contributed by atoms with E-state index in [1.54, 1.807) is 0 Å². The standard InChI is InChI=1S/C94H172N4/c1-6-11-16-21-26-31-36-41-46-51-55-60-65-70-75-80-85-95(84-79-74-69-64-59-54-49-44-39-34-29-24-19-14-9-4)89-90-96-91-92-98(88-83-78-73-68-63-56-50-45-40-35-30-25-20-15-10-5)94(93-96)97(86-81-76-71-66-61-57-52-47-42-37-32-27-22-17-12-7-2)87-82-77-72-67-62-58-53-48-43-38-33-28-23-18-13-8-3/h24-33,39-48,94H,6-23,34-38,49-93H2,1-5H3. The minimum absolute atomic E-state index is 0.553. The van der Waals surface area contributed by atoms with Crippen molar-refractivity contribution in [3.63, 3.8) is 0 Å². The number of hydrogen-bond acceptors (Lipinski definition) is 4. The second kappa shape index (κ2) is 81.5. The summed E-state index contributed by atoms with van der Waals surface area (Å²) in [6.07, 6.45) is 125. The third-order valence-electron chi connectivity index (χ3n) is 20.5. The molecule has 0 N–H and O–H groups in total. The zero-order chi connectivity index (χ0) is 70.1. The Morgan fingerprint density at radius 2 is 0.469 bits per heavy atom. The fourth-order valence-corrected chi connectivity index (χ4v) is 13.9. The van der Waals surface area contributed by atoms with Crippen LogP contribution in [0.2, 0.25) is 0 Å². The summed E-state index contributed by atoms with van der Waals surface area (Å²) in [6.45, 7) is 24.1. The molecule has 0 aliphatic carbocycles. The predicted octanol–water partition coefficient (Wildman–Crippen LogP) is 29.8. The predicted molar refractivity (Wildman–Crippen MR) is 447 cm³/mol. The van der Waals surface area contributed by atoms with E-state index in [-0.39, 0.29) is 0 Å². The van der Waals surface area contributed by atoms with Gasteiger partial charge in [0.05, 0.1) is 6.17 Å². The number of rotatable bonds is 77. The van der Waals surface area contributed by atoms with Crippen molar-refractivity contribution in [1.82, 2.24) is 19.6 Å². The van der Waals surface area contributed by atoms with E-state index in [0.29, 0.717) is 6.17 Å². The fourth-order valence-electron chi connectivity index (χ4n) is 13.9. The van der Waals surface area contributed by atoms with E-state index < -0.39 is 0 Å². The van der Waals surface area contributed by atoms with Crippen molar-refractivity contribution in [3.8, 4) is 0 Å². The quantitative estimate of drug-likeness (QED) is 0.0444. The zero-order valence-electron chi connectivity index (χ0n) is 67.0. The van der Waals surface area contributed by atoms with Crippen LogP contribution in [0.4, 0.5) is 0 Å².